The minimum absolute atomic E-state index is 0.0566. The molecule has 24 heavy (non-hydrogen) atoms. The van der Waals surface area contributed by atoms with Crippen LogP contribution in [-0.2, 0) is 9.59 Å². The number of para-hydroxylation sites is 1. The zero-order valence-corrected chi connectivity index (χ0v) is 13.8. The maximum absolute atomic E-state index is 13.4. The molecule has 0 spiro atoms. The SMILES string of the molecule is Cc1ccc(NC(=O)CSCC(=O)Nc2c(F)cccc2F)cc1. The van der Waals surface area contributed by atoms with E-state index in [-0.39, 0.29) is 17.4 Å². The van der Waals surface area contributed by atoms with Gasteiger partial charge in [0.05, 0.1) is 11.5 Å². The van der Waals surface area contributed by atoms with Crippen LogP contribution in [0.3, 0.4) is 0 Å². The second-order valence-electron chi connectivity index (χ2n) is 5.05. The fourth-order valence-electron chi connectivity index (χ4n) is 1.86. The van der Waals surface area contributed by atoms with Gasteiger partial charge in [-0.25, -0.2) is 8.78 Å². The van der Waals surface area contributed by atoms with Gasteiger partial charge in [-0.1, -0.05) is 23.8 Å². The number of rotatable bonds is 6. The molecule has 2 aromatic rings. The molecule has 0 aliphatic carbocycles. The summed E-state index contributed by atoms with van der Waals surface area (Å²) in [5, 5.41) is 4.87. The van der Waals surface area contributed by atoms with Crippen molar-refractivity contribution in [1.82, 2.24) is 0 Å². The number of nitrogens with one attached hydrogen (secondary N) is 2. The minimum Gasteiger partial charge on any atom is -0.325 e. The molecular weight excluding hydrogens is 334 g/mol. The molecule has 2 N–H and O–H groups in total. The van der Waals surface area contributed by atoms with Gasteiger partial charge in [0, 0.05) is 5.69 Å². The Morgan fingerprint density at radius 1 is 0.917 bits per heavy atom. The average Bonchev–Trinajstić information content (AvgIpc) is 2.53. The van der Waals surface area contributed by atoms with E-state index in [1.54, 1.807) is 12.1 Å². The lowest BCUT2D eigenvalue weighted by atomic mass is 10.2. The third kappa shape index (κ3) is 5.34. The zero-order valence-electron chi connectivity index (χ0n) is 12.9. The Morgan fingerprint density at radius 3 is 2.04 bits per heavy atom. The first-order valence-corrected chi connectivity index (χ1v) is 8.29. The van der Waals surface area contributed by atoms with Crippen LogP contribution in [0.2, 0.25) is 0 Å². The van der Waals surface area contributed by atoms with Crippen LogP contribution >= 0.6 is 11.8 Å². The number of carbonyl (C=O) groups is 2. The zero-order chi connectivity index (χ0) is 17.5. The Kier molecular flexibility index (Phi) is 6.31. The molecule has 0 atom stereocenters. The maximum atomic E-state index is 13.4. The molecule has 0 saturated heterocycles. The van der Waals surface area contributed by atoms with E-state index in [2.05, 4.69) is 10.6 Å². The van der Waals surface area contributed by atoms with E-state index in [0.29, 0.717) is 5.69 Å². The molecule has 2 rings (SSSR count). The Hall–Kier alpha value is -2.41. The van der Waals surface area contributed by atoms with Gasteiger partial charge in [0.1, 0.15) is 17.3 Å². The summed E-state index contributed by atoms with van der Waals surface area (Å²) >= 11 is 1.05. The van der Waals surface area contributed by atoms with Crippen molar-refractivity contribution in [2.75, 3.05) is 22.1 Å². The number of aryl methyl sites for hydroxylation is 1. The maximum Gasteiger partial charge on any atom is 0.234 e. The molecule has 7 heteroatoms. The number of benzene rings is 2. The molecule has 0 aliphatic heterocycles. The summed E-state index contributed by atoms with van der Waals surface area (Å²) in [6, 6.07) is 10.6. The molecule has 0 aromatic heterocycles. The fraction of sp³-hybridized carbons (Fsp3) is 0.176. The molecule has 2 aromatic carbocycles. The van der Waals surface area contributed by atoms with Crippen molar-refractivity contribution in [1.29, 1.82) is 0 Å². The average molecular weight is 350 g/mol. The van der Waals surface area contributed by atoms with E-state index in [1.165, 1.54) is 6.07 Å². The molecule has 0 radical (unpaired) electrons. The number of amides is 2. The lowest BCUT2D eigenvalue weighted by Crippen LogP contribution is -2.19. The van der Waals surface area contributed by atoms with Gasteiger partial charge < -0.3 is 10.6 Å². The smallest absolute Gasteiger partial charge is 0.234 e. The molecule has 126 valence electrons. The van der Waals surface area contributed by atoms with E-state index in [4.69, 9.17) is 0 Å². The van der Waals surface area contributed by atoms with Crippen molar-refractivity contribution < 1.29 is 18.4 Å². The van der Waals surface area contributed by atoms with Crippen molar-refractivity contribution in [2.24, 2.45) is 0 Å². The van der Waals surface area contributed by atoms with Gasteiger partial charge >= 0.3 is 0 Å². The number of anilines is 2. The van der Waals surface area contributed by atoms with Crippen molar-refractivity contribution in [3.8, 4) is 0 Å². The van der Waals surface area contributed by atoms with Crippen LogP contribution in [0, 0.1) is 18.6 Å². The predicted molar refractivity (Wildman–Crippen MR) is 92.1 cm³/mol. The van der Waals surface area contributed by atoms with Gasteiger partial charge in [-0.05, 0) is 31.2 Å². The van der Waals surface area contributed by atoms with Crippen LogP contribution in [-0.4, -0.2) is 23.3 Å². The van der Waals surface area contributed by atoms with E-state index in [0.717, 1.165) is 29.5 Å². The first-order valence-electron chi connectivity index (χ1n) is 7.14. The number of thioether (sulfide) groups is 1. The largest absolute Gasteiger partial charge is 0.325 e. The quantitative estimate of drug-likeness (QED) is 0.837. The summed E-state index contributed by atoms with van der Waals surface area (Å²) in [6.45, 7) is 1.94. The van der Waals surface area contributed by atoms with Gasteiger partial charge in [0.2, 0.25) is 11.8 Å². The molecule has 4 nitrogen and oxygen atoms in total. The highest BCUT2D eigenvalue weighted by Crippen LogP contribution is 2.18. The lowest BCUT2D eigenvalue weighted by molar-refractivity contribution is -0.114. The molecule has 0 bridgehead atoms. The van der Waals surface area contributed by atoms with Crippen LogP contribution in [0.5, 0.6) is 0 Å². The van der Waals surface area contributed by atoms with E-state index in [1.807, 2.05) is 19.1 Å². The first-order chi connectivity index (χ1) is 11.5. The second-order valence-corrected chi connectivity index (χ2v) is 6.04. The van der Waals surface area contributed by atoms with Gasteiger partial charge in [-0.15, -0.1) is 11.8 Å². The molecule has 2 amide bonds. The summed E-state index contributed by atoms with van der Waals surface area (Å²) in [7, 11) is 0. The third-order valence-electron chi connectivity index (χ3n) is 3.03. The van der Waals surface area contributed by atoms with Gasteiger partial charge in [0.15, 0.2) is 0 Å². The monoisotopic (exact) mass is 350 g/mol. The molecular formula is C17H16F2N2O2S. The molecule has 0 heterocycles. The van der Waals surface area contributed by atoms with Crippen molar-refractivity contribution in [3.05, 3.63) is 59.7 Å². The number of hydrogen-bond donors (Lipinski definition) is 2. The number of hydrogen-bond acceptors (Lipinski definition) is 3. The molecule has 0 fully saturated rings. The standard InChI is InChI=1S/C17H16F2N2O2S/c1-11-5-7-12(8-6-11)20-15(22)9-24-10-16(23)21-17-13(18)3-2-4-14(17)19/h2-8H,9-10H2,1H3,(H,20,22)(H,21,23). The Bertz CT molecular complexity index is 716. The summed E-state index contributed by atoms with van der Waals surface area (Å²) in [4.78, 5) is 23.5. The predicted octanol–water partition coefficient (Wildman–Crippen LogP) is 3.58. The van der Waals surface area contributed by atoms with E-state index in [9.17, 15) is 18.4 Å². The molecule has 0 saturated carbocycles. The normalized spacial score (nSPS) is 10.3. The third-order valence-corrected chi connectivity index (χ3v) is 3.96. The van der Waals surface area contributed by atoms with Crippen molar-refractivity contribution in [2.45, 2.75) is 6.92 Å². The molecule has 0 unspecified atom stereocenters. The van der Waals surface area contributed by atoms with Crippen LogP contribution in [0.25, 0.3) is 0 Å². The van der Waals surface area contributed by atoms with Crippen molar-refractivity contribution >= 4 is 35.0 Å². The van der Waals surface area contributed by atoms with Crippen LogP contribution < -0.4 is 10.6 Å². The Morgan fingerprint density at radius 2 is 1.46 bits per heavy atom. The summed E-state index contributed by atoms with van der Waals surface area (Å²) in [6.07, 6.45) is 0. The van der Waals surface area contributed by atoms with E-state index < -0.39 is 23.2 Å². The summed E-state index contributed by atoms with van der Waals surface area (Å²) in [5.74, 6) is -2.55. The second kappa shape index (κ2) is 8.44. The van der Waals surface area contributed by atoms with Gasteiger partial charge in [-0.2, -0.15) is 0 Å². The highest BCUT2D eigenvalue weighted by Gasteiger charge is 2.12. The highest BCUT2D eigenvalue weighted by molar-refractivity contribution is 8.00. The number of carbonyl (C=O) groups excluding carboxylic acids is 2. The van der Waals surface area contributed by atoms with Crippen LogP contribution in [0.15, 0.2) is 42.5 Å². The molecule has 0 aliphatic rings. The fourth-order valence-corrected chi connectivity index (χ4v) is 2.48. The van der Waals surface area contributed by atoms with Crippen LogP contribution in [0.4, 0.5) is 20.2 Å². The highest BCUT2D eigenvalue weighted by atomic mass is 32.2. The Balaban J connectivity index is 1.76. The lowest BCUT2D eigenvalue weighted by Gasteiger charge is -2.08. The Labute approximate surface area is 142 Å². The summed E-state index contributed by atoms with van der Waals surface area (Å²) < 4.78 is 26.8. The van der Waals surface area contributed by atoms with Gasteiger partial charge in [0.25, 0.3) is 0 Å². The topological polar surface area (TPSA) is 58.2 Å². The first kappa shape index (κ1) is 17.9. The minimum atomic E-state index is -0.842. The van der Waals surface area contributed by atoms with Crippen LogP contribution in [0.1, 0.15) is 5.56 Å². The number of halogens is 2. The van der Waals surface area contributed by atoms with Crippen molar-refractivity contribution in [3.63, 3.8) is 0 Å². The van der Waals surface area contributed by atoms with E-state index >= 15 is 0 Å². The van der Waals surface area contributed by atoms with Gasteiger partial charge in [-0.3, -0.25) is 9.59 Å². The summed E-state index contributed by atoms with van der Waals surface area (Å²) in [5.41, 5.74) is 1.27.